The molecule has 0 radical (unpaired) electrons. The second-order valence-electron chi connectivity index (χ2n) is 5.89. The number of rotatable bonds is 2. The molecule has 0 heterocycles. The lowest BCUT2D eigenvalue weighted by atomic mass is 9.46. The zero-order valence-electron chi connectivity index (χ0n) is 9.69. The van der Waals surface area contributed by atoms with E-state index in [1.54, 1.807) is 0 Å². The summed E-state index contributed by atoms with van der Waals surface area (Å²) in [6, 6.07) is 0. The zero-order chi connectivity index (χ0) is 12.2. The molecule has 0 aromatic carbocycles. The van der Waals surface area contributed by atoms with Crippen molar-refractivity contribution in [3.63, 3.8) is 0 Å². The summed E-state index contributed by atoms with van der Waals surface area (Å²) in [6.07, 6.45) is 2.77. The fourth-order valence-electron chi connectivity index (χ4n) is 3.55. The average molecular weight is 246 g/mol. The highest BCUT2D eigenvalue weighted by molar-refractivity contribution is 7.85. The molecule has 0 aliphatic heterocycles. The molecular formula is C11H18O4S. The molecule has 2 unspecified atom stereocenters. The molecule has 2 aliphatic carbocycles. The van der Waals surface area contributed by atoms with E-state index in [9.17, 15) is 13.2 Å². The molecule has 2 atom stereocenters. The summed E-state index contributed by atoms with van der Waals surface area (Å²) >= 11 is 0. The highest BCUT2D eigenvalue weighted by Gasteiger charge is 2.61. The van der Waals surface area contributed by atoms with Gasteiger partial charge in [0.2, 0.25) is 0 Å². The van der Waals surface area contributed by atoms with E-state index in [1.807, 2.05) is 0 Å². The second-order valence-corrected chi connectivity index (χ2v) is 7.34. The van der Waals surface area contributed by atoms with E-state index in [0.29, 0.717) is 12.8 Å². The summed E-state index contributed by atoms with van der Waals surface area (Å²) < 4.78 is 31.1. The Morgan fingerprint density at radius 2 is 2.00 bits per heavy atom. The molecule has 0 aromatic rings. The van der Waals surface area contributed by atoms with Crippen LogP contribution >= 0.6 is 0 Å². The first-order chi connectivity index (χ1) is 7.17. The van der Waals surface area contributed by atoms with Gasteiger partial charge >= 0.3 is 0 Å². The lowest BCUT2D eigenvalue weighted by molar-refractivity contribution is -0.153. The van der Waals surface area contributed by atoms with Crippen LogP contribution < -0.4 is 0 Å². The van der Waals surface area contributed by atoms with Crippen LogP contribution in [0.3, 0.4) is 0 Å². The van der Waals surface area contributed by atoms with Crippen LogP contribution in [0.1, 0.15) is 39.5 Å². The highest BCUT2D eigenvalue weighted by atomic mass is 32.2. The summed E-state index contributed by atoms with van der Waals surface area (Å²) in [5.74, 6) is -0.240. The Labute approximate surface area is 96.2 Å². The van der Waals surface area contributed by atoms with Gasteiger partial charge in [-0.15, -0.1) is 0 Å². The van der Waals surface area contributed by atoms with Crippen LogP contribution in [0, 0.1) is 16.7 Å². The van der Waals surface area contributed by atoms with E-state index in [0.717, 1.165) is 12.8 Å². The fraction of sp³-hybridized carbons (Fsp3) is 0.909. The third-order valence-electron chi connectivity index (χ3n) is 4.48. The Morgan fingerprint density at radius 1 is 1.38 bits per heavy atom. The molecule has 2 rings (SSSR count). The first-order valence-corrected chi connectivity index (χ1v) is 7.27. The van der Waals surface area contributed by atoms with Crippen LogP contribution in [0.4, 0.5) is 0 Å². The van der Waals surface area contributed by atoms with Crippen molar-refractivity contribution in [3.8, 4) is 0 Å². The van der Waals surface area contributed by atoms with Crippen molar-refractivity contribution in [3.05, 3.63) is 0 Å². The van der Waals surface area contributed by atoms with Crippen LogP contribution in [0.25, 0.3) is 0 Å². The summed E-state index contributed by atoms with van der Waals surface area (Å²) in [6.45, 7) is 4.17. The lowest BCUT2D eigenvalue weighted by Gasteiger charge is -2.58. The summed E-state index contributed by atoms with van der Waals surface area (Å²) in [4.78, 5) is 12.0. The van der Waals surface area contributed by atoms with Crippen LogP contribution in [0.5, 0.6) is 0 Å². The van der Waals surface area contributed by atoms with Crippen molar-refractivity contribution in [2.24, 2.45) is 16.7 Å². The normalized spacial score (nSPS) is 37.7. The molecule has 5 heteroatoms. The van der Waals surface area contributed by atoms with E-state index in [2.05, 4.69) is 13.8 Å². The van der Waals surface area contributed by atoms with Crippen molar-refractivity contribution in [1.29, 1.82) is 0 Å². The maximum Gasteiger partial charge on any atom is 0.265 e. The Kier molecular flexibility index (Phi) is 2.48. The first kappa shape index (κ1) is 12.0. The minimum atomic E-state index is -4.07. The SMILES string of the molecule is CC1(C)CCC(=O)C2(CS(=O)(=O)O)CCC12. The van der Waals surface area contributed by atoms with Gasteiger partial charge in [-0.25, -0.2) is 0 Å². The fourth-order valence-corrected chi connectivity index (χ4v) is 4.70. The molecule has 0 saturated heterocycles. The third kappa shape index (κ3) is 1.70. The second kappa shape index (κ2) is 3.29. The van der Waals surface area contributed by atoms with E-state index < -0.39 is 15.5 Å². The summed E-state index contributed by atoms with van der Waals surface area (Å²) in [7, 11) is -4.07. The minimum absolute atomic E-state index is 0.0108. The molecule has 92 valence electrons. The molecule has 0 aromatic heterocycles. The molecule has 2 fully saturated rings. The summed E-state index contributed by atoms with van der Waals surface area (Å²) in [5, 5.41) is 0. The van der Waals surface area contributed by atoms with Gasteiger partial charge in [-0.2, -0.15) is 8.42 Å². The zero-order valence-corrected chi connectivity index (χ0v) is 10.5. The highest BCUT2D eigenvalue weighted by Crippen LogP contribution is 2.61. The van der Waals surface area contributed by atoms with Gasteiger partial charge in [0.1, 0.15) is 5.78 Å². The number of hydrogen-bond acceptors (Lipinski definition) is 3. The van der Waals surface area contributed by atoms with E-state index in [-0.39, 0.29) is 22.9 Å². The van der Waals surface area contributed by atoms with Crippen LogP contribution in [0.15, 0.2) is 0 Å². The van der Waals surface area contributed by atoms with Crippen LogP contribution in [-0.4, -0.2) is 24.5 Å². The van der Waals surface area contributed by atoms with Gasteiger partial charge in [0.05, 0.1) is 5.75 Å². The molecule has 2 saturated carbocycles. The topological polar surface area (TPSA) is 71.4 Å². The molecule has 1 N–H and O–H groups in total. The molecule has 0 bridgehead atoms. The lowest BCUT2D eigenvalue weighted by Crippen LogP contribution is -2.59. The molecule has 0 amide bonds. The Bertz CT molecular complexity index is 423. The predicted octanol–water partition coefficient (Wildman–Crippen LogP) is 1.66. The van der Waals surface area contributed by atoms with Crippen molar-refractivity contribution in [1.82, 2.24) is 0 Å². The minimum Gasteiger partial charge on any atom is -0.299 e. The van der Waals surface area contributed by atoms with Crippen LogP contribution in [0.2, 0.25) is 0 Å². The average Bonchev–Trinajstić information content (AvgIpc) is 2.04. The number of ketones is 1. The van der Waals surface area contributed by atoms with E-state index in [1.165, 1.54) is 0 Å². The summed E-state index contributed by atoms with van der Waals surface area (Å²) in [5.41, 5.74) is -0.772. The molecule has 2 aliphatic rings. The Balaban J connectivity index is 2.34. The van der Waals surface area contributed by atoms with Gasteiger partial charge in [-0.05, 0) is 30.6 Å². The van der Waals surface area contributed by atoms with Crippen molar-refractivity contribution in [2.75, 3.05) is 5.75 Å². The van der Waals surface area contributed by atoms with Crippen molar-refractivity contribution >= 4 is 15.9 Å². The van der Waals surface area contributed by atoms with Crippen molar-refractivity contribution in [2.45, 2.75) is 39.5 Å². The monoisotopic (exact) mass is 246 g/mol. The van der Waals surface area contributed by atoms with Crippen molar-refractivity contribution < 1.29 is 17.8 Å². The largest absolute Gasteiger partial charge is 0.299 e. The van der Waals surface area contributed by atoms with Gasteiger partial charge in [-0.3, -0.25) is 9.35 Å². The quantitative estimate of drug-likeness (QED) is 0.752. The third-order valence-corrected chi connectivity index (χ3v) is 5.36. The smallest absolute Gasteiger partial charge is 0.265 e. The Morgan fingerprint density at radius 3 is 2.44 bits per heavy atom. The maximum atomic E-state index is 12.0. The van der Waals surface area contributed by atoms with Gasteiger partial charge in [0.15, 0.2) is 0 Å². The Hall–Kier alpha value is -0.420. The standard InChI is InChI=1S/C11H18O4S/c1-10(2)5-4-9(12)11(6-3-8(10)11)7-16(13,14)15/h8H,3-7H2,1-2H3,(H,13,14,15). The predicted molar refractivity (Wildman–Crippen MR) is 59.6 cm³/mol. The van der Waals surface area contributed by atoms with Gasteiger partial charge in [0, 0.05) is 11.8 Å². The van der Waals surface area contributed by atoms with Gasteiger partial charge < -0.3 is 0 Å². The number of carbonyl (C=O) groups excluding carboxylic acids is 1. The van der Waals surface area contributed by atoms with Gasteiger partial charge in [0.25, 0.3) is 10.1 Å². The van der Waals surface area contributed by atoms with E-state index in [4.69, 9.17) is 4.55 Å². The molecule has 16 heavy (non-hydrogen) atoms. The van der Waals surface area contributed by atoms with E-state index >= 15 is 0 Å². The maximum absolute atomic E-state index is 12.0. The number of Topliss-reactive ketones (excluding diaryl/α,β-unsaturated/α-hetero) is 1. The molecule has 0 spiro atoms. The number of fused-ring (bicyclic) bond motifs is 1. The molecule has 4 nitrogen and oxygen atoms in total. The number of carbonyl (C=O) groups is 1. The van der Waals surface area contributed by atoms with Crippen LogP contribution in [-0.2, 0) is 14.9 Å². The molecular weight excluding hydrogens is 228 g/mol. The number of hydrogen-bond donors (Lipinski definition) is 1. The van der Waals surface area contributed by atoms with Gasteiger partial charge in [-0.1, -0.05) is 13.8 Å². The first-order valence-electron chi connectivity index (χ1n) is 5.66.